The number of likely N-dealkylation sites (tertiary alicyclic amines) is 1. The zero-order chi connectivity index (χ0) is 14.5. The number of halogens is 1. The van der Waals surface area contributed by atoms with Gasteiger partial charge in [0.25, 0.3) is 0 Å². The van der Waals surface area contributed by atoms with E-state index in [-0.39, 0.29) is 0 Å². The average molecular weight is 299 g/mol. The molecule has 0 bridgehead atoms. The second kappa shape index (κ2) is 7.43. The molecule has 1 aliphatic rings. The quantitative estimate of drug-likeness (QED) is 0.876. The molecule has 0 amide bonds. The minimum absolute atomic E-state index is 0.591. The van der Waals surface area contributed by atoms with Gasteiger partial charge in [-0.15, -0.1) is 0 Å². The van der Waals surface area contributed by atoms with Crippen molar-refractivity contribution in [3.8, 4) is 0 Å². The molecule has 0 radical (unpaired) electrons. The third-order valence-corrected chi connectivity index (χ3v) is 4.69. The lowest BCUT2D eigenvalue weighted by atomic mass is 10.1. The van der Waals surface area contributed by atoms with Crippen molar-refractivity contribution in [1.29, 1.82) is 0 Å². The van der Waals surface area contributed by atoms with Crippen molar-refractivity contribution in [3.63, 3.8) is 0 Å². The number of nitrogens with one attached hydrogen (secondary N) is 1. The number of rotatable bonds is 6. The number of hydrogen-bond acceptors (Lipinski definition) is 3. The van der Waals surface area contributed by atoms with Gasteiger partial charge >= 0.3 is 0 Å². The summed E-state index contributed by atoms with van der Waals surface area (Å²) in [5, 5.41) is 8.81. The van der Waals surface area contributed by atoms with Crippen LogP contribution in [-0.2, 0) is 20.0 Å². The Labute approximate surface area is 127 Å². The van der Waals surface area contributed by atoms with Crippen LogP contribution in [0.3, 0.4) is 0 Å². The minimum atomic E-state index is 0.591. The number of aromatic nitrogens is 2. The second-order valence-electron chi connectivity index (χ2n) is 5.76. The summed E-state index contributed by atoms with van der Waals surface area (Å²) in [6, 6.07) is 0.591. The molecule has 1 saturated heterocycles. The van der Waals surface area contributed by atoms with E-state index in [1.54, 1.807) is 0 Å². The van der Waals surface area contributed by atoms with Crippen molar-refractivity contribution in [2.24, 2.45) is 7.05 Å². The Balaban J connectivity index is 1.82. The molecule has 4 nitrogen and oxygen atoms in total. The van der Waals surface area contributed by atoms with Crippen LogP contribution in [0.5, 0.6) is 0 Å². The van der Waals surface area contributed by atoms with Crippen LogP contribution in [0.1, 0.15) is 44.5 Å². The summed E-state index contributed by atoms with van der Waals surface area (Å²) in [6.45, 7) is 8.68. The second-order valence-corrected chi connectivity index (χ2v) is 6.14. The van der Waals surface area contributed by atoms with Gasteiger partial charge in [-0.05, 0) is 39.3 Å². The molecule has 0 spiro atoms. The fourth-order valence-electron chi connectivity index (χ4n) is 2.90. The molecule has 20 heavy (non-hydrogen) atoms. The lowest BCUT2D eigenvalue weighted by Crippen LogP contribution is -2.43. The summed E-state index contributed by atoms with van der Waals surface area (Å²) < 4.78 is 1.90. The van der Waals surface area contributed by atoms with Gasteiger partial charge in [-0.3, -0.25) is 9.58 Å². The smallest absolute Gasteiger partial charge is 0.0863 e. The first kappa shape index (κ1) is 15.8. The normalized spacial score (nSPS) is 18.4. The molecule has 5 heteroatoms. The average Bonchev–Trinajstić information content (AvgIpc) is 2.75. The van der Waals surface area contributed by atoms with Crippen molar-refractivity contribution in [2.75, 3.05) is 19.6 Å². The molecule has 2 rings (SSSR count). The van der Waals surface area contributed by atoms with E-state index < -0.39 is 0 Å². The molecule has 2 heterocycles. The van der Waals surface area contributed by atoms with E-state index in [1.165, 1.54) is 32.4 Å². The Morgan fingerprint density at radius 1 is 1.30 bits per heavy atom. The Morgan fingerprint density at radius 2 is 2.00 bits per heavy atom. The molecule has 1 fully saturated rings. The molecule has 1 aliphatic heterocycles. The van der Waals surface area contributed by atoms with Crippen LogP contribution >= 0.6 is 11.6 Å². The van der Waals surface area contributed by atoms with Crippen molar-refractivity contribution in [3.05, 3.63) is 16.4 Å². The van der Waals surface area contributed by atoms with Crippen LogP contribution in [-0.4, -0.2) is 40.4 Å². The van der Waals surface area contributed by atoms with Gasteiger partial charge in [0.2, 0.25) is 0 Å². The Morgan fingerprint density at radius 3 is 2.60 bits per heavy atom. The summed E-state index contributed by atoms with van der Waals surface area (Å²) in [5.74, 6) is 0. The third-order valence-electron chi connectivity index (χ3n) is 4.25. The Hall–Kier alpha value is -0.580. The molecule has 114 valence electrons. The number of aryl methyl sites for hydroxylation is 2. The van der Waals surface area contributed by atoms with Crippen LogP contribution in [0.2, 0.25) is 5.02 Å². The lowest BCUT2D eigenvalue weighted by molar-refractivity contribution is 0.170. The standard InChI is InChI=1S/C15H27ClN4/c1-4-13-15(16)14(19(3)18-13)11-17-10-12(2)20-8-6-5-7-9-20/h12,17H,4-11H2,1-3H3. The van der Waals surface area contributed by atoms with Gasteiger partial charge in [0.05, 0.1) is 16.4 Å². The molecule has 1 atom stereocenters. The highest BCUT2D eigenvalue weighted by molar-refractivity contribution is 6.31. The van der Waals surface area contributed by atoms with E-state index >= 15 is 0 Å². The van der Waals surface area contributed by atoms with Crippen molar-refractivity contribution < 1.29 is 0 Å². The summed E-state index contributed by atoms with van der Waals surface area (Å²) in [6.07, 6.45) is 4.97. The van der Waals surface area contributed by atoms with E-state index in [1.807, 2.05) is 11.7 Å². The fraction of sp³-hybridized carbons (Fsp3) is 0.800. The summed E-state index contributed by atoms with van der Waals surface area (Å²) in [5.41, 5.74) is 2.09. The predicted octanol–water partition coefficient (Wildman–Crippen LogP) is 2.60. The lowest BCUT2D eigenvalue weighted by Gasteiger charge is -2.32. The van der Waals surface area contributed by atoms with Crippen molar-refractivity contribution in [1.82, 2.24) is 20.0 Å². The van der Waals surface area contributed by atoms with Crippen LogP contribution in [0.4, 0.5) is 0 Å². The maximum atomic E-state index is 6.36. The maximum Gasteiger partial charge on any atom is 0.0863 e. The van der Waals surface area contributed by atoms with E-state index in [4.69, 9.17) is 11.6 Å². The van der Waals surface area contributed by atoms with Gasteiger partial charge in [0, 0.05) is 26.2 Å². The molecule has 1 aromatic heterocycles. The topological polar surface area (TPSA) is 33.1 Å². The minimum Gasteiger partial charge on any atom is -0.310 e. The fourth-order valence-corrected chi connectivity index (χ4v) is 3.26. The summed E-state index contributed by atoms with van der Waals surface area (Å²) in [7, 11) is 1.97. The number of nitrogens with zero attached hydrogens (tertiary/aromatic N) is 3. The Bertz CT molecular complexity index is 424. The molecule has 0 aliphatic carbocycles. The van der Waals surface area contributed by atoms with Gasteiger partial charge in [0.15, 0.2) is 0 Å². The van der Waals surface area contributed by atoms with Crippen LogP contribution in [0.15, 0.2) is 0 Å². The first-order valence-electron chi connectivity index (χ1n) is 7.78. The molecule has 0 aromatic carbocycles. The molecule has 1 aromatic rings. The van der Waals surface area contributed by atoms with Crippen molar-refractivity contribution >= 4 is 11.6 Å². The number of piperidine rings is 1. The van der Waals surface area contributed by atoms with E-state index in [9.17, 15) is 0 Å². The maximum absolute atomic E-state index is 6.36. The monoisotopic (exact) mass is 298 g/mol. The molecule has 1 N–H and O–H groups in total. The van der Waals surface area contributed by atoms with E-state index in [0.29, 0.717) is 6.04 Å². The first-order chi connectivity index (χ1) is 9.63. The van der Waals surface area contributed by atoms with Crippen LogP contribution < -0.4 is 5.32 Å². The Kier molecular flexibility index (Phi) is 5.87. The van der Waals surface area contributed by atoms with Crippen LogP contribution in [0.25, 0.3) is 0 Å². The zero-order valence-electron chi connectivity index (χ0n) is 13.0. The van der Waals surface area contributed by atoms with E-state index in [2.05, 4.69) is 29.2 Å². The van der Waals surface area contributed by atoms with Gasteiger partial charge in [-0.1, -0.05) is 24.9 Å². The van der Waals surface area contributed by atoms with Gasteiger partial charge in [-0.2, -0.15) is 5.10 Å². The highest BCUT2D eigenvalue weighted by Crippen LogP contribution is 2.20. The van der Waals surface area contributed by atoms with Gasteiger partial charge in [-0.25, -0.2) is 0 Å². The van der Waals surface area contributed by atoms with Gasteiger partial charge < -0.3 is 5.32 Å². The molecule has 0 saturated carbocycles. The van der Waals surface area contributed by atoms with Crippen LogP contribution in [0, 0.1) is 0 Å². The largest absolute Gasteiger partial charge is 0.310 e. The molecule has 1 unspecified atom stereocenters. The third kappa shape index (κ3) is 3.74. The van der Waals surface area contributed by atoms with E-state index in [0.717, 1.165) is 35.9 Å². The summed E-state index contributed by atoms with van der Waals surface area (Å²) in [4.78, 5) is 2.58. The highest BCUT2D eigenvalue weighted by atomic mass is 35.5. The highest BCUT2D eigenvalue weighted by Gasteiger charge is 2.17. The SMILES string of the molecule is CCc1nn(C)c(CNCC(C)N2CCCCC2)c1Cl. The summed E-state index contributed by atoms with van der Waals surface area (Å²) >= 11 is 6.36. The molecular weight excluding hydrogens is 272 g/mol. The van der Waals surface area contributed by atoms with Crippen molar-refractivity contribution in [2.45, 2.75) is 52.1 Å². The number of hydrogen-bond donors (Lipinski definition) is 1. The zero-order valence-corrected chi connectivity index (χ0v) is 13.7. The predicted molar refractivity (Wildman–Crippen MR) is 84.2 cm³/mol. The van der Waals surface area contributed by atoms with Gasteiger partial charge in [0.1, 0.15) is 0 Å². The first-order valence-corrected chi connectivity index (χ1v) is 8.16. The molecular formula is C15H27ClN4.